The van der Waals surface area contributed by atoms with Gasteiger partial charge in [0.05, 0.1) is 17.6 Å². The molecule has 0 amide bonds. The molecule has 1 atom stereocenters. The largest absolute Gasteiger partial charge is 0.473 e. The summed E-state index contributed by atoms with van der Waals surface area (Å²) in [4.78, 5) is 11.3. The highest BCUT2D eigenvalue weighted by molar-refractivity contribution is 5.65. The van der Waals surface area contributed by atoms with Crippen molar-refractivity contribution in [2.75, 3.05) is 18.4 Å². The van der Waals surface area contributed by atoms with Crippen molar-refractivity contribution in [3.05, 3.63) is 96.4 Å². The Labute approximate surface area is 269 Å². The normalized spacial score (nSPS) is 14.6. The molecule has 1 aliphatic carbocycles. The van der Waals surface area contributed by atoms with E-state index in [1.165, 1.54) is 22.3 Å². The number of ether oxygens (including phenoxy) is 1. The van der Waals surface area contributed by atoms with E-state index in [0.29, 0.717) is 6.04 Å². The van der Waals surface area contributed by atoms with E-state index < -0.39 is 0 Å². The van der Waals surface area contributed by atoms with Crippen molar-refractivity contribution in [1.82, 2.24) is 14.9 Å². The maximum atomic E-state index is 6.03. The minimum Gasteiger partial charge on any atom is -0.473 e. The third-order valence-electron chi connectivity index (χ3n) is 7.11. The first-order chi connectivity index (χ1) is 21.4. The lowest BCUT2D eigenvalue weighted by Crippen LogP contribution is -2.30. The second kappa shape index (κ2) is 20.4. The van der Waals surface area contributed by atoms with Gasteiger partial charge in [0.2, 0.25) is 0 Å². The van der Waals surface area contributed by atoms with E-state index in [1.54, 1.807) is 0 Å². The van der Waals surface area contributed by atoms with Gasteiger partial charge >= 0.3 is 0 Å². The number of hydrogen-bond acceptors (Lipinski definition) is 5. The molecule has 0 bridgehead atoms. The molecule has 44 heavy (non-hydrogen) atoms. The molecule has 1 aromatic carbocycles. The van der Waals surface area contributed by atoms with Gasteiger partial charge in [-0.2, -0.15) is 0 Å². The number of nitrogens with zero attached hydrogens (tertiary/aromatic N) is 3. The van der Waals surface area contributed by atoms with Crippen molar-refractivity contribution in [3.8, 4) is 11.1 Å². The van der Waals surface area contributed by atoms with E-state index in [1.807, 2.05) is 74.7 Å². The lowest BCUT2D eigenvalue weighted by Gasteiger charge is -2.31. The Hall–Kier alpha value is -3.60. The molecular weight excluding hydrogens is 540 g/mol. The standard InChI is InChI=1S/C31H36N4O.4C2H6/c1-22-20-28(11-16-32-22)26-7-5-25(6-8-26)19-23(2)34-29-9-10-30(33-21-29)27-12-17-35(18-13-27)24(3)36-31(4)14-15-31;4*1-2/h5-12,16,20-21,23,34H,3,13-15,17-19H2,1-2,4H3;4*1-2H3. The Morgan fingerprint density at radius 2 is 1.59 bits per heavy atom. The molecule has 5 rings (SSSR count). The molecule has 2 aromatic heterocycles. The monoisotopic (exact) mass is 600 g/mol. The van der Waals surface area contributed by atoms with Crippen LogP contribution >= 0.6 is 0 Å². The maximum Gasteiger partial charge on any atom is 0.182 e. The van der Waals surface area contributed by atoms with Crippen LogP contribution in [0, 0.1) is 6.92 Å². The fourth-order valence-corrected chi connectivity index (χ4v) is 4.67. The quantitative estimate of drug-likeness (QED) is 0.248. The smallest absolute Gasteiger partial charge is 0.182 e. The van der Waals surface area contributed by atoms with Crippen molar-refractivity contribution < 1.29 is 4.74 Å². The molecule has 1 N–H and O–H groups in total. The highest BCUT2D eigenvalue weighted by atomic mass is 16.5. The number of pyridine rings is 2. The summed E-state index contributed by atoms with van der Waals surface area (Å²) in [6, 6.07) is 17.6. The Balaban J connectivity index is 0.00000112. The summed E-state index contributed by atoms with van der Waals surface area (Å²) in [6.45, 7) is 28.3. The first kappa shape index (κ1) is 38.4. The second-order valence-corrected chi connectivity index (χ2v) is 10.4. The highest BCUT2D eigenvalue weighted by Crippen LogP contribution is 2.41. The van der Waals surface area contributed by atoms with E-state index in [-0.39, 0.29) is 5.60 Å². The third kappa shape index (κ3) is 12.2. The van der Waals surface area contributed by atoms with E-state index in [0.717, 1.165) is 61.7 Å². The average molecular weight is 601 g/mol. The van der Waals surface area contributed by atoms with Crippen LogP contribution in [0.4, 0.5) is 5.69 Å². The number of benzene rings is 1. The van der Waals surface area contributed by atoms with Gasteiger partial charge in [-0.1, -0.05) is 85.7 Å². The lowest BCUT2D eigenvalue weighted by atomic mass is 10.0. The van der Waals surface area contributed by atoms with Gasteiger partial charge in [0, 0.05) is 31.0 Å². The molecule has 3 aromatic rings. The van der Waals surface area contributed by atoms with Gasteiger partial charge in [0.15, 0.2) is 5.88 Å². The minimum atomic E-state index is 0.0192. The molecule has 242 valence electrons. The van der Waals surface area contributed by atoms with Gasteiger partial charge in [-0.25, -0.2) is 0 Å². The van der Waals surface area contributed by atoms with Crippen LogP contribution in [0.25, 0.3) is 16.7 Å². The third-order valence-corrected chi connectivity index (χ3v) is 7.11. The Morgan fingerprint density at radius 3 is 2.11 bits per heavy atom. The minimum absolute atomic E-state index is 0.0192. The molecule has 3 heterocycles. The zero-order valence-corrected chi connectivity index (χ0v) is 29.6. The van der Waals surface area contributed by atoms with Crippen LogP contribution in [0.1, 0.15) is 105 Å². The molecule has 1 fully saturated rings. The van der Waals surface area contributed by atoms with Gasteiger partial charge in [-0.05, 0) is 99.6 Å². The fraction of sp³-hybridized carbons (Fsp3) is 0.487. The fourth-order valence-electron chi connectivity index (χ4n) is 4.67. The molecular formula is C39H60N4O. The number of hydrogen-bond donors (Lipinski definition) is 1. The molecule has 0 spiro atoms. The number of anilines is 1. The molecule has 5 heteroatoms. The Bertz CT molecular complexity index is 1240. The van der Waals surface area contributed by atoms with Crippen molar-refractivity contribution in [3.63, 3.8) is 0 Å². The van der Waals surface area contributed by atoms with Crippen LogP contribution in [-0.4, -0.2) is 39.6 Å². The number of aromatic nitrogens is 2. The molecule has 5 nitrogen and oxygen atoms in total. The summed E-state index contributed by atoms with van der Waals surface area (Å²) >= 11 is 0. The van der Waals surface area contributed by atoms with Crippen molar-refractivity contribution in [2.24, 2.45) is 0 Å². The topological polar surface area (TPSA) is 50.3 Å². The first-order valence-corrected chi connectivity index (χ1v) is 16.9. The second-order valence-electron chi connectivity index (χ2n) is 10.4. The molecule has 1 unspecified atom stereocenters. The summed E-state index contributed by atoms with van der Waals surface area (Å²) < 4.78 is 6.03. The van der Waals surface area contributed by atoms with Gasteiger partial charge in [0.25, 0.3) is 0 Å². The molecule has 1 aliphatic heterocycles. The van der Waals surface area contributed by atoms with Crippen LogP contribution < -0.4 is 5.32 Å². The SMILES string of the molecule is C=C(OC1(C)CC1)N1CC=C(c2ccc(NC(C)Cc3ccc(-c4ccnc(C)c4)cc3)cn2)CC1.CC.CC.CC.CC. The Morgan fingerprint density at radius 1 is 0.932 bits per heavy atom. The maximum absolute atomic E-state index is 6.03. The van der Waals surface area contributed by atoms with Gasteiger partial charge in [-0.3, -0.25) is 9.97 Å². The average Bonchev–Trinajstić information content (AvgIpc) is 3.81. The lowest BCUT2D eigenvalue weighted by molar-refractivity contribution is 0.0493. The van der Waals surface area contributed by atoms with E-state index in [4.69, 9.17) is 9.72 Å². The van der Waals surface area contributed by atoms with Crippen LogP contribution in [0.2, 0.25) is 0 Å². The summed E-state index contributed by atoms with van der Waals surface area (Å²) in [5, 5.41) is 3.60. The van der Waals surface area contributed by atoms with Gasteiger partial charge in [-0.15, -0.1) is 0 Å². The predicted octanol–water partition coefficient (Wildman–Crippen LogP) is 10.7. The van der Waals surface area contributed by atoms with Crippen molar-refractivity contribution in [1.29, 1.82) is 0 Å². The van der Waals surface area contributed by atoms with Crippen molar-refractivity contribution in [2.45, 2.75) is 113 Å². The van der Waals surface area contributed by atoms with Crippen molar-refractivity contribution >= 4 is 11.3 Å². The molecule has 1 saturated carbocycles. The molecule has 0 saturated heterocycles. The predicted molar refractivity (Wildman–Crippen MR) is 193 cm³/mol. The first-order valence-electron chi connectivity index (χ1n) is 16.9. The number of aryl methyl sites for hydroxylation is 1. The Kier molecular flexibility index (Phi) is 17.8. The summed E-state index contributed by atoms with van der Waals surface area (Å²) in [7, 11) is 0. The van der Waals surface area contributed by atoms with Crippen LogP contribution in [-0.2, 0) is 11.2 Å². The van der Waals surface area contributed by atoms with Gasteiger partial charge in [0.1, 0.15) is 5.60 Å². The summed E-state index contributed by atoms with van der Waals surface area (Å²) in [6.07, 6.45) is 10.2. The zero-order chi connectivity index (χ0) is 33.1. The zero-order valence-electron chi connectivity index (χ0n) is 29.6. The van der Waals surface area contributed by atoms with Crippen LogP contribution in [0.5, 0.6) is 0 Å². The molecule has 0 radical (unpaired) electrons. The van der Waals surface area contributed by atoms with Crippen LogP contribution in [0.3, 0.4) is 0 Å². The van der Waals surface area contributed by atoms with E-state index in [9.17, 15) is 0 Å². The number of rotatable bonds is 9. The van der Waals surface area contributed by atoms with Gasteiger partial charge < -0.3 is 15.0 Å². The summed E-state index contributed by atoms with van der Waals surface area (Å²) in [5.74, 6) is 0.800. The summed E-state index contributed by atoms with van der Waals surface area (Å²) in [5.41, 5.74) is 8.19. The van der Waals surface area contributed by atoms with E-state index >= 15 is 0 Å². The number of nitrogens with one attached hydrogen (secondary N) is 1. The molecule has 2 aliphatic rings. The van der Waals surface area contributed by atoms with Crippen LogP contribution in [0.15, 0.2) is 79.5 Å². The van der Waals surface area contributed by atoms with E-state index in [2.05, 4.69) is 90.2 Å². The highest BCUT2D eigenvalue weighted by Gasteiger charge is 2.41.